The molecule has 0 aliphatic heterocycles. The van der Waals surface area contributed by atoms with Crippen LogP contribution >= 0.6 is 0 Å². The monoisotopic (exact) mass is 356 g/mol. The summed E-state index contributed by atoms with van der Waals surface area (Å²) in [6.45, 7) is 4.60. The fourth-order valence-electron chi connectivity index (χ4n) is 0.901. The molecule has 0 unspecified atom stereocenters. The van der Waals surface area contributed by atoms with Gasteiger partial charge in [0.25, 0.3) is 0 Å². The zero-order valence-corrected chi connectivity index (χ0v) is 14.6. The van der Waals surface area contributed by atoms with Crippen LogP contribution in [0.4, 0.5) is 0 Å². The van der Waals surface area contributed by atoms with Gasteiger partial charge in [0, 0.05) is 0 Å². The van der Waals surface area contributed by atoms with Crippen molar-refractivity contribution in [2.45, 2.75) is 26.9 Å². The minimum Gasteiger partial charge on any atom is -0.262 e. The van der Waals surface area contributed by atoms with Crippen molar-refractivity contribution >= 4 is 29.4 Å². The van der Waals surface area contributed by atoms with Crippen molar-refractivity contribution in [1.29, 1.82) is 0 Å². The lowest BCUT2D eigenvalue weighted by Gasteiger charge is -2.19. The molecule has 0 aliphatic carbocycles. The van der Waals surface area contributed by atoms with Gasteiger partial charge < -0.3 is 0 Å². The molecule has 0 fully saturated rings. The van der Waals surface area contributed by atoms with E-state index in [0.29, 0.717) is 0 Å². The van der Waals surface area contributed by atoms with Gasteiger partial charge in [0.1, 0.15) is 13.2 Å². The molecule has 0 aliphatic rings. The van der Waals surface area contributed by atoms with Crippen molar-refractivity contribution in [2.24, 2.45) is 0 Å². The molecule has 8 nitrogen and oxygen atoms in total. The van der Waals surface area contributed by atoms with Gasteiger partial charge in [-0.3, -0.25) is 7.74 Å². The lowest BCUT2D eigenvalue weighted by molar-refractivity contribution is 0.262. The van der Waals surface area contributed by atoms with Crippen LogP contribution in [0.5, 0.6) is 0 Å². The van der Waals surface area contributed by atoms with Crippen LogP contribution in [0.1, 0.15) is 13.8 Å². The molecule has 0 spiro atoms. The second kappa shape index (κ2) is 8.50. The first kappa shape index (κ1) is 20.1. The molecular weight excluding hydrogens is 340 g/mol. The molecule has 120 valence electrons. The van der Waals surface area contributed by atoms with Gasteiger partial charge in [-0.25, -0.2) is 8.37 Å². The van der Waals surface area contributed by atoms with Crippen LogP contribution in [0.2, 0.25) is 13.1 Å². The van der Waals surface area contributed by atoms with E-state index in [1.807, 2.05) is 0 Å². The molecular formula is C10H16O8S2Si. The highest BCUT2D eigenvalue weighted by Gasteiger charge is 2.38. The van der Waals surface area contributed by atoms with E-state index in [1.54, 1.807) is 0 Å². The van der Waals surface area contributed by atoms with E-state index in [1.165, 1.54) is 26.9 Å². The summed E-state index contributed by atoms with van der Waals surface area (Å²) in [6.07, 6.45) is 0. The second-order valence-corrected chi connectivity index (χ2v) is 10.00. The normalized spacial score (nSPS) is 12.0. The first-order valence-corrected chi connectivity index (χ1v) is 11.0. The van der Waals surface area contributed by atoms with Gasteiger partial charge in [-0.05, 0) is 26.9 Å². The molecule has 0 bridgehead atoms. The SMILES string of the molecule is CC#CCOS(=O)(=O)O[Si](C)(C)OS(=O)(=O)OCC#CC. The molecule has 0 heterocycles. The summed E-state index contributed by atoms with van der Waals surface area (Å²) in [5, 5.41) is 0. The molecule has 0 amide bonds. The van der Waals surface area contributed by atoms with Crippen LogP contribution in [0, 0.1) is 23.7 Å². The molecule has 11 heteroatoms. The molecule has 0 aromatic carbocycles. The van der Waals surface area contributed by atoms with Crippen LogP contribution in [0.3, 0.4) is 0 Å². The van der Waals surface area contributed by atoms with E-state index in [-0.39, 0.29) is 0 Å². The summed E-state index contributed by atoms with van der Waals surface area (Å²) in [5.41, 5.74) is 0. The largest absolute Gasteiger partial charge is 0.393 e. The summed E-state index contributed by atoms with van der Waals surface area (Å²) in [6, 6.07) is 0. The highest BCUT2D eigenvalue weighted by Crippen LogP contribution is 2.16. The van der Waals surface area contributed by atoms with Crippen LogP contribution in [-0.2, 0) is 36.9 Å². The average molecular weight is 356 g/mol. The van der Waals surface area contributed by atoms with Crippen molar-refractivity contribution in [3.63, 3.8) is 0 Å². The van der Waals surface area contributed by atoms with Crippen LogP contribution in [-0.4, -0.2) is 38.6 Å². The van der Waals surface area contributed by atoms with Gasteiger partial charge in [-0.2, -0.15) is 16.8 Å². The molecule has 0 saturated carbocycles. The molecule has 0 atom stereocenters. The smallest absolute Gasteiger partial charge is 0.262 e. The Bertz CT molecular complexity index is 599. The van der Waals surface area contributed by atoms with Gasteiger partial charge in [-0.1, -0.05) is 11.8 Å². The molecule has 0 rings (SSSR count). The van der Waals surface area contributed by atoms with Gasteiger partial charge in [0.05, 0.1) is 0 Å². The Morgan fingerprint density at radius 2 is 1.14 bits per heavy atom. The third-order valence-electron chi connectivity index (χ3n) is 1.51. The fourth-order valence-corrected chi connectivity index (χ4v) is 5.99. The van der Waals surface area contributed by atoms with E-state index in [4.69, 9.17) is 0 Å². The second-order valence-electron chi connectivity index (χ2n) is 3.76. The molecule has 0 N–H and O–H groups in total. The minimum absolute atomic E-state index is 0.404. The highest BCUT2D eigenvalue weighted by molar-refractivity contribution is 7.84. The first-order valence-electron chi connectivity index (χ1n) is 5.53. The van der Waals surface area contributed by atoms with E-state index >= 15 is 0 Å². The van der Waals surface area contributed by atoms with Gasteiger partial charge in [-0.15, -0.1) is 11.8 Å². The maximum absolute atomic E-state index is 11.5. The third-order valence-corrected chi connectivity index (χ3v) is 7.17. The van der Waals surface area contributed by atoms with Crippen molar-refractivity contribution in [2.75, 3.05) is 13.2 Å². The topological polar surface area (TPSA) is 105 Å². The summed E-state index contributed by atoms with van der Waals surface area (Å²) in [4.78, 5) is 0. The number of hydrogen-bond acceptors (Lipinski definition) is 8. The van der Waals surface area contributed by atoms with E-state index < -0.39 is 42.6 Å². The summed E-state index contributed by atoms with van der Waals surface area (Å²) < 4.78 is 63.8. The predicted octanol–water partition coefficient (Wildman–Crippen LogP) is 0.291. The average Bonchev–Trinajstić information content (AvgIpc) is 2.25. The van der Waals surface area contributed by atoms with E-state index in [0.717, 1.165) is 0 Å². The van der Waals surface area contributed by atoms with Crippen molar-refractivity contribution in [3.05, 3.63) is 0 Å². The third kappa shape index (κ3) is 10.4. The number of rotatable bonds is 8. The minimum atomic E-state index is -4.42. The molecule has 0 saturated heterocycles. The Morgan fingerprint density at radius 3 is 1.43 bits per heavy atom. The van der Waals surface area contributed by atoms with Crippen molar-refractivity contribution < 1.29 is 32.9 Å². The Balaban J connectivity index is 4.72. The Labute approximate surface area is 126 Å². The Kier molecular flexibility index (Phi) is 8.13. The fraction of sp³-hybridized carbons (Fsp3) is 0.600. The van der Waals surface area contributed by atoms with Crippen molar-refractivity contribution in [3.8, 4) is 23.7 Å². The zero-order chi connectivity index (χ0) is 16.6. The van der Waals surface area contributed by atoms with E-state index in [2.05, 4.69) is 39.8 Å². The van der Waals surface area contributed by atoms with Crippen LogP contribution in [0.25, 0.3) is 0 Å². The number of hydrogen-bond donors (Lipinski definition) is 0. The molecule has 21 heavy (non-hydrogen) atoms. The highest BCUT2D eigenvalue weighted by atomic mass is 32.3. The van der Waals surface area contributed by atoms with Gasteiger partial charge in [0.15, 0.2) is 0 Å². The van der Waals surface area contributed by atoms with Crippen LogP contribution in [0.15, 0.2) is 0 Å². The lowest BCUT2D eigenvalue weighted by Crippen LogP contribution is -2.40. The zero-order valence-electron chi connectivity index (χ0n) is 12.0. The Hall–Kier alpha value is -0.923. The van der Waals surface area contributed by atoms with Gasteiger partial charge >= 0.3 is 29.4 Å². The van der Waals surface area contributed by atoms with Crippen LogP contribution < -0.4 is 0 Å². The first-order chi connectivity index (χ1) is 9.54. The van der Waals surface area contributed by atoms with E-state index in [9.17, 15) is 16.8 Å². The van der Waals surface area contributed by atoms with Gasteiger partial charge in [0.2, 0.25) is 0 Å². The molecule has 0 aromatic heterocycles. The standard InChI is InChI=1S/C10H16O8S2Si/c1-5-7-9-15-19(11,12)17-21(3,4)18-20(13,14)16-10-8-6-2/h9-10H2,1-4H3. The Morgan fingerprint density at radius 1 is 0.810 bits per heavy atom. The summed E-state index contributed by atoms with van der Waals surface area (Å²) in [5.74, 6) is 9.57. The van der Waals surface area contributed by atoms with Crippen molar-refractivity contribution in [1.82, 2.24) is 0 Å². The molecule has 0 radical (unpaired) electrons. The quantitative estimate of drug-likeness (QED) is 0.451. The maximum Gasteiger partial charge on any atom is 0.393 e. The molecule has 0 aromatic rings. The lowest BCUT2D eigenvalue weighted by atomic mass is 10.6. The summed E-state index contributed by atoms with van der Waals surface area (Å²) in [7, 11) is -12.5. The maximum atomic E-state index is 11.5. The summed E-state index contributed by atoms with van der Waals surface area (Å²) >= 11 is 0. The predicted molar refractivity (Wildman–Crippen MR) is 76.3 cm³/mol.